The van der Waals surface area contributed by atoms with Gasteiger partial charge in [0.15, 0.2) is 0 Å². The number of carbonyl (C=O) groups is 1. The molecule has 4 rings (SSSR count). The Morgan fingerprint density at radius 2 is 1.94 bits per heavy atom. The maximum Gasteiger partial charge on any atom is 0.137 e. The predicted molar refractivity (Wildman–Crippen MR) is 62.1 cm³/mol. The van der Waals surface area contributed by atoms with Gasteiger partial charge in [-0.2, -0.15) is 0 Å². The van der Waals surface area contributed by atoms with Gasteiger partial charge in [-0.15, -0.1) is 0 Å². The Bertz CT molecular complexity index is 450. The molecule has 1 heteroatoms. The summed E-state index contributed by atoms with van der Waals surface area (Å²) in [4.78, 5) is 12.0. The molecule has 0 bridgehead atoms. The van der Waals surface area contributed by atoms with Gasteiger partial charge in [0.05, 0.1) is 0 Å². The van der Waals surface area contributed by atoms with E-state index in [1.165, 1.54) is 18.4 Å². The Labute approximate surface area is 95.9 Å². The van der Waals surface area contributed by atoms with Crippen molar-refractivity contribution in [2.24, 2.45) is 17.8 Å². The van der Waals surface area contributed by atoms with Crippen LogP contribution in [0.15, 0.2) is 30.3 Å². The molecular weight excluding hydrogens is 196 g/mol. The lowest BCUT2D eigenvalue weighted by molar-refractivity contribution is -0.123. The summed E-state index contributed by atoms with van der Waals surface area (Å²) in [6, 6.07) is 10.8. The molecule has 3 aliphatic carbocycles. The quantitative estimate of drug-likeness (QED) is 0.699. The van der Waals surface area contributed by atoms with Crippen LogP contribution in [0, 0.1) is 17.8 Å². The molecule has 1 nitrogen and oxygen atoms in total. The number of hydrogen-bond donors (Lipinski definition) is 0. The third-order valence-corrected chi connectivity index (χ3v) is 5.24. The zero-order valence-corrected chi connectivity index (χ0v) is 9.36. The van der Waals surface area contributed by atoms with E-state index in [9.17, 15) is 4.79 Å². The summed E-state index contributed by atoms with van der Waals surface area (Å²) < 4.78 is 0. The van der Waals surface area contributed by atoms with Gasteiger partial charge in [-0.1, -0.05) is 36.8 Å². The van der Waals surface area contributed by atoms with Crippen LogP contribution in [0.25, 0.3) is 0 Å². The van der Waals surface area contributed by atoms with E-state index in [1.54, 1.807) is 0 Å². The second-order valence-electron chi connectivity index (χ2n) is 5.72. The number of fused-ring (bicyclic) bond motifs is 1. The van der Waals surface area contributed by atoms with E-state index >= 15 is 0 Å². The summed E-state index contributed by atoms with van der Waals surface area (Å²) in [7, 11) is 0. The molecule has 0 amide bonds. The van der Waals surface area contributed by atoms with Crippen molar-refractivity contribution in [3.63, 3.8) is 0 Å². The van der Waals surface area contributed by atoms with Gasteiger partial charge >= 0.3 is 0 Å². The number of carbonyl (C=O) groups excluding carboxylic acids is 1. The Hall–Kier alpha value is -1.11. The molecule has 3 fully saturated rings. The molecule has 0 N–H and O–H groups in total. The second-order valence-corrected chi connectivity index (χ2v) is 5.72. The van der Waals surface area contributed by atoms with Gasteiger partial charge in [0.1, 0.15) is 5.78 Å². The van der Waals surface area contributed by atoms with Gasteiger partial charge in [0.25, 0.3) is 0 Å². The third kappa shape index (κ3) is 0.865. The Kier molecular flexibility index (Phi) is 1.55. The van der Waals surface area contributed by atoms with Crippen molar-refractivity contribution in [2.75, 3.05) is 0 Å². The number of hydrogen-bond acceptors (Lipinski definition) is 1. The highest BCUT2D eigenvalue weighted by Crippen LogP contribution is 2.74. The Morgan fingerprint density at radius 1 is 1.12 bits per heavy atom. The van der Waals surface area contributed by atoms with E-state index in [0.717, 1.165) is 18.8 Å². The average Bonchev–Trinajstić information content (AvgIpc) is 2.88. The Balaban J connectivity index is 1.81. The third-order valence-electron chi connectivity index (χ3n) is 5.24. The van der Waals surface area contributed by atoms with Crippen LogP contribution in [0.5, 0.6) is 0 Å². The van der Waals surface area contributed by atoms with E-state index < -0.39 is 0 Å². The average molecular weight is 212 g/mol. The van der Waals surface area contributed by atoms with Crippen molar-refractivity contribution in [3.05, 3.63) is 35.9 Å². The molecule has 0 aromatic heterocycles. The van der Waals surface area contributed by atoms with Crippen LogP contribution >= 0.6 is 0 Å². The highest BCUT2D eigenvalue weighted by molar-refractivity contribution is 5.89. The fraction of sp³-hybridized carbons (Fsp3) is 0.533. The van der Waals surface area contributed by atoms with Crippen LogP contribution < -0.4 is 0 Å². The maximum atomic E-state index is 12.0. The smallest absolute Gasteiger partial charge is 0.137 e. The van der Waals surface area contributed by atoms with Gasteiger partial charge in [0, 0.05) is 17.8 Å². The largest absolute Gasteiger partial charge is 0.299 e. The molecule has 4 atom stereocenters. The number of rotatable bonds is 1. The van der Waals surface area contributed by atoms with Gasteiger partial charge in [0.2, 0.25) is 0 Å². The van der Waals surface area contributed by atoms with Crippen molar-refractivity contribution < 1.29 is 4.79 Å². The number of benzene rings is 1. The van der Waals surface area contributed by atoms with Crippen molar-refractivity contribution in [2.45, 2.75) is 31.1 Å². The van der Waals surface area contributed by atoms with E-state index in [1.807, 2.05) is 0 Å². The van der Waals surface area contributed by atoms with E-state index in [-0.39, 0.29) is 5.41 Å². The topological polar surface area (TPSA) is 17.1 Å². The normalized spacial score (nSPS) is 44.2. The molecule has 3 aliphatic rings. The van der Waals surface area contributed by atoms with Crippen LogP contribution in [-0.2, 0) is 10.2 Å². The predicted octanol–water partition coefficient (Wildman–Crippen LogP) is 2.94. The molecule has 16 heavy (non-hydrogen) atoms. The van der Waals surface area contributed by atoms with E-state index in [2.05, 4.69) is 30.3 Å². The molecule has 3 saturated carbocycles. The van der Waals surface area contributed by atoms with Gasteiger partial charge < -0.3 is 0 Å². The summed E-state index contributed by atoms with van der Waals surface area (Å²) in [6.07, 6.45) is 4.61. The molecule has 1 aromatic rings. The zero-order valence-electron chi connectivity index (χ0n) is 9.36. The molecule has 0 heterocycles. The maximum absolute atomic E-state index is 12.0. The minimum atomic E-state index is 0.277. The fourth-order valence-electron chi connectivity index (χ4n) is 4.65. The van der Waals surface area contributed by atoms with Crippen LogP contribution in [0.2, 0.25) is 0 Å². The zero-order chi connectivity index (χ0) is 10.8. The fourth-order valence-corrected chi connectivity index (χ4v) is 4.65. The van der Waals surface area contributed by atoms with Crippen LogP contribution in [0.3, 0.4) is 0 Å². The summed E-state index contributed by atoms with van der Waals surface area (Å²) in [6.45, 7) is 0. The monoisotopic (exact) mass is 212 g/mol. The summed E-state index contributed by atoms with van der Waals surface area (Å²) in [5.74, 6) is 2.49. The van der Waals surface area contributed by atoms with Crippen molar-refractivity contribution in [1.82, 2.24) is 0 Å². The summed E-state index contributed by atoms with van der Waals surface area (Å²) >= 11 is 0. The first kappa shape index (κ1) is 8.98. The van der Waals surface area contributed by atoms with Crippen molar-refractivity contribution in [1.29, 1.82) is 0 Å². The molecule has 0 unspecified atom stereocenters. The first-order valence-electron chi connectivity index (χ1n) is 6.42. The van der Waals surface area contributed by atoms with Crippen LogP contribution in [0.1, 0.15) is 31.2 Å². The lowest BCUT2D eigenvalue weighted by atomic mass is 9.84. The lowest BCUT2D eigenvalue weighted by Gasteiger charge is -2.20. The molecular formula is C15H16O. The standard InChI is InChI=1S/C15H16O/c16-13-9-15(10-5-2-1-3-6-10)12-8-4-7-11(13)14(12)15/h1-3,5-6,11-12,14H,4,7-9H2/t11-,12-,14+,15+/m1/s1. The molecule has 0 aliphatic heterocycles. The lowest BCUT2D eigenvalue weighted by Crippen LogP contribution is -2.19. The number of ketones is 1. The molecule has 1 aromatic carbocycles. The van der Waals surface area contributed by atoms with Gasteiger partial charge in [-0.05, 0) is 30.2 Å². The van der Waals surface area contributed by atoms with Crippen LogP contribution in [0.4, 0.5) is 0 Å². The van der Waals surface area contributed by atoms with Gasteiger partial charge in [-0.3, -0.25) is 4.79 Å². The van der Waals surface area contributed by atoms with E-state index in [4.69, 9.17) is 0 Å². The SMILES string of the molecule is O=C1C[C@@]2(c3ccccc3)[C@H]3[C@@H]1CCC[C@H]32. The molecule has 0 saturated heterocycles. The minimum Gasteiger partial charge on any atom is -0.299 e. The van der Waals surface area contributed by atoms with E-state index in [0.29, 0.717) is 17.6 Å². The first-order valence-corrected chi connectivity index (χ1v) is 6.42. The minimum absolute atomic E-state index is 0.277. The highest BCUT2D eigenvalue weighted by Gasteiger charge is 2.73. The first-order chi connectivity index (χ1) is 7.84. The second kappa shape index (κ2) is 2.77. The van der Waals surface area contributed by atoms with Crippen LogP contribution in [-0.4, -0.2) is 5.78 Å². The highest BCUT2D eigenvalue weighted by atomic mass is 16.1. The molecule has 0 spiro atoms. The van der Waals surface area contributed by atoms with Crippen molar-refractivity contribution in [3.8, 4) is 0 Å². The van der Waals surface area contributed by atoms with Gasteiger partial charge in [-0.25, -0.2) is 0 Å². The number of Topliss-reactive ketones (excluding diaryl/α,β-unsaturated/α-hetero) is 1. The molecule has 0 radical (unpaired) electrons. The summed E-state index contributed by atoms with van der Waals surface area (Å²) in [5.41, 5.74) is 1.71. The summed E-state index contributed by atoms with van der Waals surface area (Å²) in [5, 5.41) is 0. The Morgan fingerprint density at radius 3 is 2.75 bits per heavy atom. The van der Waals surface area contributed by atoms with Crippen molar-refractivity contribution >= 4 is 5.78 Å². The molecule has 82 valence electrons.